The van der Waals surface area contributed by atoms with Crippen LogP contribution in [0, 0.1) is 0 Å². The molecule has 0 aromatic heterocycles. The van der Waals surface area contributed by atoms with Gasteiger partial charge >= 0.3 is 19.8 Å². The first-order chi connectivity index (χ1) is 22.2. The van der Waals surface area contributed by atoms with Gasteiger partial charge in [-0.3, -0.25) is 18.6 Å². The van der Waals surface area contributed by atoms with Crippen LogP contribution in [0.15, 0.2) is 12.2 Å². The van der Waals surface area contributed by atoms with Gasteiger partial charge in [0.2, 0.25) is 0 Å². The Hall–Kier alpha value is -1.29. The van der Waals surface area contributed by atoms with Crippen molar-refractivity contribution in [2.45, 2.75) is 174 Å². The molecule has 0 heterocycles. The van der Waals surface area contributed by atoms with E-state index in [2.05, 4.69) is 30.5 Å². The fourth-order valence-electron chi connectivity index (χ4n) is 4.81. The highest BCUT2D eigenvalue weighted by molar-refractivity contribution is 7.47. The molecule has 0 amide bonds. The molecule has 0 bridgehead atoms. The number of allylic oxidation sites excluding steroid dienone is 2. The number of hydrogen-bond acceptors (Lipinski definition) is 9. The number of rotatable bonds is 34. The maximum absolute atomic E-state index is 12.5. The van der Waals surface area contributed by atoms with Crippen molar-refractivity contribution in [1.82, 2.24) is 0 Å². The second-order valence-corrected chi connectivity index (χ2v) is 13.7. The second-order valence-electron chi connectivity index (χ2n) is 12.3. The molecule has 0 aliphatic heterocycles. The molecular formula is C35H67O10P. The second kappa shape index (κ2) is 32.3. The lowest BCUT2D eigenvalue weighted by Gasteiger charge is -2.20. The Morgan fingerprint density at radius 1 is 0.630 bits per heavy atom. The zero-order chi connectivity index (χ0) is 34.1. The van der Waals surface area contributed by atoms with Gasteiger partial charge in [-0.1, -0.05) is 122 Å². The normalized spacial score (nSPS) is 14.3. The van der Waals surface area contributed by atoms with E-state index < -0.39 is 51.8 Å². The van der Waals surface area contributed by atoms with Gasteiger partial charge in [-0.2, -0.15) is 0 Å². The Labute approximate surface area is 279 Å². The van der Waals surface area contributed by atoms with Crippen LogP contribution in [0.3, 0.4) is 0 Å². The molecule has 0 aromatic carbocycles. The molecule has 0 aliphatic carbocycles. The number of unbranched alkanes of at least 4 members (excludes halogenated alkanes) is 18. The minimum atomic E-state index is -4.60. The van der Waals surface area contributed by atoms with E-state index in [-0.39, 0.29) is 19.4 Å². The van der Waals surface area contributed by atoms with Gasteiger partial charge in [0.1, 0.15) is 12.7 Å². The molecule has 0 radical (unpaired) electrons. The largest absolute Gasteiger partial charge is 0.472 e. The van der Waals surface area contributed by atoms with Crippen LogP contribution in [0.5, 0.6) is 0 Å². The lowest BCUT2D eigenvalue weighted by molar-refractivity contribution is -0.161. The van der Waals surface area contributed by atoms with Gasteiger partial charge in [-0.15, -0.1) is 0 Å². The van der Waals surface area contributed by atoms with Gasteiger partial charge in [0.15, 0.2) is 6.10 Å². The monoisotopic (exact) mass is 678 g/mol. The molecule has 0 fully saturated rings. The molecule has 10 nitrogen and oxygen atoms in total. The van der Waals surface area contributed by atoms with Gasteiger partial charge in [0, 0.05) is 12.8 Å². The first-order valence-corrected chi connectivity index (χ1v) is 19.6. The van der Waals surface area contributed by atoms with Gasteiger partial charge in [-0.05, 0) is 38.5 Å². The molecule has 1 unspecified atom stereocenters. The highest BCUT2D eigenvalue weighted by atomic mass is 31.2. The molecule has 11 heteroatoms. The number of ether oxygens (including phenoxy) is 2. The lowest BCUT2D eigenvalue weighted by atomic mass is 10.1. The summed E-state index contributed by atoms with van der Waals surface area (Å²) in [7, 11) is -4.60. The average Bonchev–Trinajstić information content (AvgIpc) is 3.04. The number of carbonyl (C=O) groups excluding carboxylic acids is 2. The van der Waals surface area contributed by atoms with Gasteiger partial charge < -0.3 is 24.6 Å². The summed E-state index contributed by atoms with van der Waals surface area (Å²) in [5, 5.41) is 18.2. The van der Waals surface area contributed by atoms with Crippen molar-refractivity contribution >= 4 is 19.8 Å². The average molecular weight is 679 g/mol. The summed E-state index contributed by atoms with van der Waals surface area (Å²) in [6, 6.07) is 0. The van der Waals surface area contributed by atoms with Crippen LogP contribution in [0.2, 0.25) is 0 Å². The zero-order valence-electron chi connectivity index (χ0n) is 29.0. The maximum Gasteiger partial charge on any atom is 0.472 e. The molecule has 0 aromatic rings. The van der Waals surface area contributed by atoms with Crippen molar-refractivity contribution in [1.29, 1.82) is 0 Å². The van der Waals surface area contributed by atoms with Crippen LogP contribution in [-0.4, -0.2) is 65.7 Å². The number of phosphoric ester groups is 1. The van der Waals surface area contributed by atoms with E-state index >= 15 is 0 Å². The van der Waals surface area contributed by atoms with Crippen molar-refractivity contribution in [3.63, 3.8) is 0 Å². The van der Waals surface area contributed by atoms with Crippen LogP contribution in [0.1, 0.15) is 162 Å². The minimum Gasteiger partial charge on any atom is -0.462 e. The third-order valence-corrected chi connectivity index (χ3v) is 8.62. The van der Waals surface area contributed by atoms with Crippen LogP contribution in [-0.2, 0) is 32.7 Å². The summed E-state index contributed by atoms with van der Waals surface area (Å²) in [4.78, 5) is 34.7. The highest BCUT2D eigenvalue weighted by Crippen LogP contribution is 2.43. The number of esters is 2. The predicted octanol–water partition coefficient (Wildman–Crippen LogP) is 8.50. The fourth-order valence-corrected chi connectivity index (χ4v) is 5.60. The first kappa shape index (κ1) is 44.7. The summed E-state index contributed by atoms with van der Waals surface area (Å²) >= 11 is 0. The summed E-state index contributed by atoms with van der Waals surface area (Å²) in [6.45, 7) is 2.32. The van der Waals surface area contributed by atoms with Gasteiger partial charge in [-0.25, -0.2) is 4.57 Å². The van der Waals surface area contributed by atoms with Gasteiger partial charge in [0.05, 0.1) is 19.8 Å². The number of aliphatic hydroxyl groups is 2. The number of phosphoric acid groups is 1. The summed E-state index contributed by atoms with van der Waals surface area (Å²) < 4.78 is 32.5. The number of aliphatic hydroxyl groups excluding tert-OH is 2. The lowest BCUT2D eigenvalue weighted by Crippen LogP contribution is -2.29. The first-order valence-electron chi connectivity index (χ1n) is 18.1. The molecule has 3 N–H and O–H groups in total. The summed E-state index contributed by atoms with van der Waals surface area (Å²) in [6.07, 6.45) is 26.2. The fraction of sp³-hybridized carbons (Fsp3) is 0.886. The van der Waals surface area contributed by atoms with Crippen molar-refractivity contribution in [2.24, 2.45) is 0 Å². The maximum atomic E-state index is 12.5. The highest BCUT2D eigenvalue weighted by Gasteiger charge is 2.27. The van der Waals surface area contributed by atoms with E-state index in [1.807, 2.05) is 0 Å². The van der Waals surface area contributed by atoms with Crippen LogP contribution in [0.4, 0.5) is 0 Å². The molecule has 0 rings (SSSR count). The SMILES string of the molecule is CCCCCCCC/C=C/CCCCCC(=O)O[C@H](COC(=O)CCCCCCCCCCCC)COP(=O)(O)OC[C@@H](O)CO. The molecule has 0 aliphatic rings. The van der Waals surface area contributed by atoms with E-state index in [4.69, 9.17) is 19.1 Å². The summed E-state index contributed by atoms with van der Waals surface area (Å²) in [5.74, 6) is -0.943. The number of carbonyl (C=O) groups is 2. The van der Waals surface area contributed by atoms with E-state index in [1.54, 1.807) is 0 Å². The molecular weight excluding hydrogens is 611 g/mol. The van der Waals surface area contributed by atoms with Crippen LogP contribution < -0.4 is 0 Å². The van der Waals surface area contributed by atoms with Crippen molar-refractivity contribution in [3.8, 4) is 0 Å². The Morgan fingerprint density at radius 2 is 1.07 bits per heavy atom. The Balaban J connectivity index is 4.42. The third kappa shape index (κ3) is 31.3. The molecule has 3 atom stereocenters. The quantitative estimate of drug-likeness (QED) is 0.0262. The third-order valence-electron chi connectivity index (χ3n) is 7.67. The van der Waals surface area contributed by atoms with E-state index in [9.17, 15) is 24.2 Å². The zero-order valence-corrected chi connectivity index (χ0v) is 29.9. The molecule has 272 valence electrons. The Bertz CT molecular complexity index is 791. The van der Waals surface area contributed by atoms with E-state index in [0.29, 0.717) is 12.8 Å². The van der Waals surface area contributed by atoms with Gasteiger partial charge in [0.25, 0.3) is 0 Å². The Morgan fingerprint density at radius 3 is 1.59 bits per heavy atom. The minimum absolute atomic E-state index is 0.167. The standard InChI is InChI=1S/C35H67O10P/c1-3-5-7-9-11-13-15-16-17-19-21-23-25-27-35(39)45-33(31-44-46(40,41)43-29-32(37)28-36)30-42-34(38)26-24-22-20-18-14-12-10-8-6-4-2/h16-17,32-33,36-37H,3-15,18-31H2,1-2H3,(H,40,41)/b17-16+/t32-,33+/m0/s1. The number of hydrogen-bond donors (Lipinski definition) is 3. The molecule has 46 heavy (non-hydrogen) atoms. The Kier molecular flexibility index (Phi) is 31.4. The van der Waals surface area contributed by atoms with Crippen LogP contribution in [0.25, 0.3) is 0 Å². The van der Waals surface area contributed by atoms with Crippen LogP contribution >= 0.6 is 7.82 Å². The van der Waals surface area contributed by atoms with E-state index in [1.165, 1.54) is 77.0 Å². The van der Waals surface area contributed by atoms with Crippen molar-refractivity contribution in [2.75, 3.05) is 26.4 Å². The predicted molar refractivity (Wildman–Crippen MR) is 182 cm³/mol. The molecule has 0 saturated carbocycles. The van der Waals surface area contributed by atoms with Crippen molar-refractivity contribution < 1.29 is 47.8 Å². The van der Waals surface area contributed by atoms with E-state index in [0.717, 1.165) is 44.9 Å². The van der Waals surface area contributed by atoms with Crippen molar-refractivity contribution in [3.05, 3.63) is 12.2 Å². The smallest absolute Gasteiger partial charge is 0.462 e. The summed E-state index contributed by atoms with van der Waals surface area (Å²) in [5.41, 5.74) is 0. The molecule has 0 spiro atoms. The molecule has 0 saturated heterocycles. The topological polar surface area (TPSA) is 149 Å².